The number of rotatable bonds is 4. The average Bonchev–Trinajstić information content (AvgIpc) is 2.36. The minimum absolute atomic E-state index is 0.0977. The molecule has 0 aliphatic carbocycles. The van der Waals surface area contributed by atoms with Gasteiger partial charge in [0.1, 0.15) is 0 Å². The van der Waals surface area contributed by atoms with E-state index in [9.17, 15) is 18.5 Å². The Morgan fingerprint density at radius 3 is 2.33 bits per heavy atom. The molecule has 1 aromatic carbocycles. The summed E-state index contributed by atoms with van der Waals surface area (Å²) in [5, 5.41) is 13.0. The van der Waals surface area contributed by atoms with Crippen LogP contribution in [0.25, 0.3) is 0 Å². The molecule has 18 heavy (non-hydrogen) atoms. The number of hydrogen-bond donors (Lipinski definition) is 3. The average molecular weight is 290 g/mol. The third kappa shape index (κ3) is 3.61. The number of nitro groups is 1. The SMILES string of the molecule is CNC(=S)NNS(=O)(=O)c1ccc([N+](=O)[O-])cc1. The summed E-state index contributed by atoms with van der Waals surface area (Å²) in [6, 6.07) is 4.46. The number of hydrogen-bond acceptors (Lipinski definition) is 5. The highest BCUT2D eigenvalue weighted by molar-refractivity contribution is 7.89. The fourth-order valence-corrected chi connectivity index (χ4v) is 1.95. The molecule has 0 bridgehead atoms. The summed E-state index contributed by atoms with van der Waals surface area (Å²) in [5.41, 5.74) is 2.07. The van der Waals surface area contributed by atoms with Crippen molar-refractivity contribution in [2.45, 2.75) is 4.90 Å². The van der Waals surface area contributed by atoms with Crippen LogP contribution in [0, 0.1) is 10.1 Å². The van der Waals surface area contributed by atoms with Gasteiger partial charge in [0.05, 0.1) is 9.82 Å². The van der Waals surface area contributed by atoms with Crippen molar-refractivity contribution < 1.29 is 13.3 Å². The molecule has 0 heterocycles. The van der Waals surface area contributed by atoms with E-state index in [2.05, 4.69) is 23.0 Å². The molecule has 10 heteroatoms. The molecule has 0 atom stereocenters. The monoisotopic (exact) mass is 290 g/mol. The van der Waals surface area contributed by atoms with Gasteiger partial charge in [0.2, 0.25) is 0 Å². The van der Waals surface area contributed by atoms with Crippen LogP contribution in [-0.4, -0.2) is 25.5 Å². The standard InChI is InChI=1S/C8H10N4O4S2/c1-9-8(17)10-11-18(15,16)7-4-2-6(3-5-7)12(13)14/h2-5,11H,1H3,(H2,9,10,17). The molecule has 0 saturated heterocycles. The maximum atomic E-state index is 11.7. The number of non-ortho nitro benzene ring substituents is 1. The quantitative estimate of drug-likeness (QED) is 0.402. The zero-order valence-corrected chi connectivity index (χ0v) is 10.8. The number of nitrogens with one attached hydrogen (secondary N) is 3. The third-order valence-corrected chi connectivity index (χ3v) is 3.45. The molecule has 0 amide bonds. The van der Waals surface area contributed by atoms with Crippen LogP contribution in [0.3, 0.4) is 0 Å². The van der Waals surface area contributed by atoms with Gasteiger partial charge in [-0.1, -0.05) is 0 Å². The van der Waals surface area contributed by atoms with Crippen molar-refractivity contribution in [1.29, 1.82) is 0 Å². The molecule has 0 saturated carbocycles. The van der Waals surface area contributed by atoms with Crippen LogP contribution in [0.4, 0.5) is 5.69 Å². The highest BCUT2D eigenvalue weighted by atomic mass is 32.2. The summed E-state index contributed by atoms with van der Waals surface area (Å²) >= 11 is 4.69. The first-order chi connectivity index (χ1) is 8.36. The largest absolute Gasteiger partial charge is 0.365 e. The van der Waals surface area contributed by atoms with Gasteiger partial charge in [0, 0.05) is 19.2 Å². The van der Waals surface area contributed by atoms with Crippen molar-refractivity contribution in [3.8, 4) is 0 Å². The van der Waals surface area contributed by atoms with Gasteiger partial charge >= 0.3 is 0 Å². The highest BCUT2D eigenvalue weighted by Gasteiger charge is 2.15. The minimum Gasteiger partial charge on any atom is -0.365 e. The van der Waals surface area contributed by atoms with Crippen LogP contribution in [0.15, 0.2) is 29.2 Å². The molecule has 0 aromatic heterocycles. The van der Waals surface area contributed by atoms with Crippen molar-refractivity contribution in [3.05, 3.63) is 34.4 Å². The molecule has 8 nitrogen and oxygen atoms in total. The Kier molecular flexibility index (Phi) is 4.53. The van der Waals surface area contributed by atoms with Crippen molar-refractivity contribution in [2.24, 2.45) is 0 Å². The fourth-order valence-electron chi connectivity index (χ4n) is 0.982. The molecule has 0 fully saturated rings. The van der Waals surface area contributed by atoms with Gasteiger partial charge in [-0.3, -0.25) is 15.5 Å². The zero-order chi connectivity index (χ0) is 13.8. The van der Waals surface area contributed by atoms with Crippen molar-refractivity contribution in [2.75, 3.05) is 7.05 Å². The van der Waals surface area contributed by atoms with E-state index in [0.29, 0.717) is 0 Å². The minimum atomic E-state index is -3.82. The van der Waals surface area contributed by atoms with Crippen LogP contribution >= 0.6 is 12.2 Å². The fraction of sp³-hybridized carbons (Fsp3) is 0.125. The van der Waals surface area contributed by atoms with Crippen molar-refractivity contribution in [3.63, 3.8) is 0 Å². The van der Waals surface area contributed by atoms with Crippen LogP contribution in [0.2, 0.25) is 0 Å². The molecule has 1 rings (SSSR count). The molecule has 3 N–H and O–H groups in total. The van der Waals surface area contributed by atoms with E-state index >= 15 is 0 Å². The van der Waals surface area contributed by atoms with Crippen LogP contribution in [0.1, 0.15) is 0 Å². The molecule has 0 spiro atoms. The first-order valence-electron chi connectivity index (χ1n) is 4.61. The summed E-state index contributed by atoms with van der Waals surface area (Å²) in [6.07, 6.45) is 0. The van der Waals surface area contributed by atoms with Gasteiger partial charge < -0.3 is 5.32 Å². The Hall–Kier alpha value is -1.78. The van der Waals surface area contributed by atoms with Crippen molar-refractivity contribution in [1.82, 2.24) is 15.6 Å². The summed E-state index contributed by atoms with van der Waals surface area (Å²) in [4.78, 5) is 11.7. The maximum Gasteiger partial charge on any atom is 0.269 e. The van der Waals surface area contributed by atoms with Gasteiger partial charge in [-0.25, -0.2) is 8.42 Å². The number of nitrogens with zero attached hydrogens (tertiary/aromatic N) is 1. The first-order valence-corrected chi connectivity index (χ1v) is 6.50. The van der Waals surface area contributed by atoms with E-state index in [-0.39, 0.29) is 15.7 Å². The lowest BCUT2D eigenvalue weighted by Gasteiger charge is -2.09. The predicted molar refractivity (Wildman–Crippen MR) is 68.2 cm³/mol. The van der Waals surface area contributed by atoms with E-state index < -0.39 is 14.9 Å². The number of hydrazine groups is 1. The van der Waals surface area contributed by atoms with Gasteiger partial charge in [0.25, 0.3) is 15.7 Å². The Morgan fingerprint density at radius 2 is 1.89 bits per heavy atom. The van der Waals surface area contributed by atoms with E-state index in [1.54, 1.807) is 0 Å². The Balaban J connectivity index is 2.85. The van der Waals surface area contributed by atoms with Gasteiger partial charge in [-0.15, -0.1) is 4.83 Å². The number of nitro benzene ring substituents is 1. The molecule has 98 valence electrons. The van der Waals surface area contributed by atoms with Gasteiger partial charge in [-0.2, -0.15) is 0 Å². The Morgan fingerprint density at radius 1 is 1.33 bits per heavy atom. The topological polar surface area (TPSA) is 113 Å². The maximum absolute atomic E-state index is 11.7. The molecule has 0 aliphatic rings. The molecule has 0 unspecified atom stereocenters. The predicted octanol–water partition coefficient (Wildman–Crippen LogP) is -0.118. The van der Waals surface area contributed by atoms with Crippen LogP contribution in [-0.2, 0) is 10.0 Å². The smallest absolute Gasteiger partial charge is 0.269 e. The number of benzene rings is 1. The molecule has 1 aromatic rings. The van der Waals surface area contributed by atoms with Crippen LogP contribution in [0.5, 0.6) is 0 Å². The van der Waals surface area contributed by atoms with Crippen LogP contribution < -0.4 is 15.6 Å². The number of thiocarbonyl (C=S) groups is 1. The lowest BCUT2D eigenvalue weighted by Crippen LogP contribution is -2.45. The second kappa shape index (κ2) is 5.71. The normalized spacial score (nSPS) is 10.7. The summed E-state index contributed by atoms with van der Waals surface area (Å²) in [6.45, 7) is 0. The van der Waals surface area contributed by atoms with Gasteiger partial charge in [-0.05, 0) is 24.4 Å². The summed E-state index contributed by atoms with van der Waals surface area (Å²) in [5.74, 6) is 0. The van der Waals surface area contributed by atoms with E-state index in [1.807, 2.05) is 4.83 Å². The van der Waals surface area contributed by atoms with E-state index in [0.717, 1.165) is 24.3 Å². The molecular formula is C8H10N4O4S2. The Bertz CT molecular complexity index is 555. The molecular weight excluding hydrogens is 280 g/mol. The van der Waals surface area contributed by atoms with E-state index in [1.165, 1.54) is 7.05 Å². The van der Waals surface area contributed by atoms with E-state index in [4.69, 9.17) is 0 Å². The molecule has 0 aliphatic heterocycles. The zero-order valence-electron chi connectivity index (χ0n) is 9.21. The lowest BCUT2D eigenvalue weighted by molar-refractivity contribution is -0.384. The first kappa shape index (κ1) is 14.3. The second-order valence-electron chi connectivity index (χ2n) is 3.06. The van der Waals surface area contributed by atoms with Crippen molar-refractivity contribution >= 4 is 33.0 Å². The van der Waals surface area contributed by atoms with Gasteiger partial charge in [0.15, 0.2) is 5.11 Å². The summed E-state index contributed by atoms with van der Waals surface area (Å²) in [7, 11) is -2.30. The second-order valence-corrected chi connectivity index (χ2v) is 5.15. The Labute approximate surface area is 109 Å². The number of sulfonamides is 1. The summed E-state index contributed by atoms with van der Waals surface area (Å²) < 4.78 is 23.4. The lowest BCUT2D eigenvalue weighted by atomic mass is 10.3. The third-order valence-electron chi connectivity index (χ3n) is 1.88. The highest BCUT2D eigenvalue weighted by Crippen LogP contribution is 2.15. The molecule has 0 radical (unpaired) electrons.